The van der Waals surface area contributed by atoms with Gasteiger partial charge in [-0.15, -0.1) is 0 Å². The molecule has 0 radical (unpaired) electrons. The molecule has 1 aromatic rings. The molecule has 3 atom stereocenters. The minimum absolute atomic E-state index is 0.0749. The molecule has 3 heteroatoms. The molecule has 2 N–H and O–H groups in total. The van der Waals surface area contributed by atoms with Gasteiger partial charge in [0, 0.05) is 6.08 Å². The maximum atomic E-state index is 8.97. The van der Waals surface area contributed by atoms with E-state index in [-0.39, 0.29) is 5.41 Å². The highest BCUT2D eigenvalue weighted by Gasteiger charge is 2.33. The standard InChI is InChI=1S/C32H46N2S.C9H14.3C2H6/c1-6-10-25-20-27(30(12-8-9-16-33)22-32(4,5)23-35)14-13-26(25)21-29(15-17-34)31-19-24(3)18-28(31)11-7-2;1-8(2)6-5-7-9(3)4;3*1-2/h8-9,12-15,17,20-21,24,28,31,35H,6-7,10-11,18-19,22-23,34H2,1-5H3;5-7H,1H2,2-4H3;3*1-2H3/b9-8+,17-15-,29-21+,30-12+;6-5-;;;. The maximum absolute atomic E-state index is 8.97. The van der Waals surface area contributed by atoms with Gasteiger partial charge in [0.2, 0.25) is 0 Å². The molecule has 2 nitrogen and oxygen atoms in total. The minimum atomic E-state index is 0.0749. The molecule has 0 bridgehead atoms. The van der Waals surface area contributed by atoms with Crippen LogP contribution in [0.4, 0.5) is 0 Å². The van der Waals surface area contributed by atoms with Crippen LogP contribution in [0.25, 0.3) is 11.6 Å². The number of aryl methyl sites for hydroxylation is 1. The summed E-state index contributed by atoms with van der Waals surface area (Å²) in [4.78, 5) is 0. The third-order valence-corrected chi connectivity index (χ3v) is 8.89. The van der Waals surface area contributed by atoms with Gasteiger partial charge in [0.05, 0.1) is 6.07 Å². The molecule has 0 spiro atoms. The van der Waals surface area contributed by atoms with Gasteiger partial charge in [-0.05, 0) is 115 Å². The van der Waals surface area contributed by atoms with Crippen molar-refractivity contribution < 1.29 is 0 Å². The fourth-order valence-electron chi connectivity index (χ4n) is 5.94. The summed E-state index contributed by atoms with van der Waals surface area (Å²) in [6, 6.07) is 9.00. The number of rotatable bonds is 14. The van der Waals surface area contributed by atoms with E-state index in [9.17, 15) is 0 Å². The lowest BCUT2D eigenvalue weighted by atomic mass is 9.82. The second-order valence-electron chi connectivity index (χ2n) is 13.5. The maximum Gasteiger partial charge on any atom is 0.0912 e. The molecule has 0 aliphatic heterocycles. The van der Waals surface area contributed by atoms with Crippen LogP contribution < -0.4 is 5.73 Å². The third kappa shape index (κ3) is 22.7. The molecular weight excluding hydrogens is 625 g/mol. The van der Waals surface area contributed by atoms with Crippen LogP contribution in [0.15, 0.2) is 90.2 Å². The molecule has 0 amide bonds. The number of nitrogens with two attached hydrogens (primary N) is 1. The molecule has 3 unspecified atom stereocenters. The number of allylic oxidation sites excluding steroid dienone is 11. The normalized spacial score (nSPS) is 17.4. The molecule has 0 saturated heterocycles. The van der Waals surface area contributed by atoms with Crippen LogP contribution in [-0.2, 0) is 6.42 Å². The van der Waals surface area contributed by atoms with Crippen molar-refractivity contribution in [1.29, 1.82) is 5.26 Å². The number of hydrogen-bond acceptors (Lipinski definition) is 3. The van der Waals surface area contributed by atoms with Gasteiger partial charge in [-0.25, -0.2) is 0 Å². The van der Waals surface area contributed by atoms with E-state index in [1.54, 1.807) is 12.3 Å². The van der Waals surface area contributed by atoms with E-state index in [2.05, 4.69) is 116 Å². The van der Waals surface area contributed by atoms with Crippen molar-refractivity contribution in [1.82, 2.24) is 0 Å². The van der Waals surface area contributed by atoms with E-state index in [0.29, 0.717) is 5.92 Å². The summed E-state index contributed by atoms with van der Waals surface area (Å²) < 4.78 is 0. The van der Waals surface area contributed by atoms with Crippen LogP contribution in [0.2, 0.25) is 0 Å². The summed E-state index contributed by atoms with van der Waals surface area (Å²) in [7, 11) is 0. The Labute approximate surface area is 317 Å². The zero-order valence-corrected chi connectivity index (χ0v) is 35.9. The number of nitrogens with zero attached hydrogens (tertiary/aromatic N) is 1. The lowest BCUT2D eigenvalue weighted by Crippen LogP contribution is -2.14. The number of nitriles is 1. The second kappa shape index (κ2) is 32.0. The van der Waals surface area contributed by atoms with Crippen LogP contribution in [0.3, 0.4) is 0 Å². The molecule has 0 aromatic heterocycles. The summed E-state index contributed by atoms with van der Waals surface area (Å²) in [6.45, 7) is 33.3. The first-order valence-corrected chi connectivity index (χ1v) is 20.1. The summed E-state index contributed by atoms with van der Waals surface area (Å²) in [6.07, 6.45) is 26.0. The first kappa shape index (κ1) is 51.4. The van der Waals surface area contributed by atoms with Crippen molar-refractivity contribution in [3.8, 4) is 6.07 Å². The second-order valence-corrected chi connectivity index (χ2v) is 13.8. The molecule has 1 fully saturated rings. The Morgan fingerprint density at radius 3 is 2.12 bits per heavy atom. The highest BCUT2D eigenvalue weighted by molar-refractivity contribution is 7.80. The first-order valence-electron chi connectivity index (χ1n) is 19.5. The largest absolute Gasteiger partial charge is 0.405 e. The fourth-order valence-corrected chi connectivity index (χ4v) is 6.06. The van der Waals surface area contributed by atoms with Gasteiger partial charge < -0.3 is 5.73 Å². The fraction of sp³-hybridized carbons (Fsp3) is 0.553. The molecule has 1 aromatic carbocycles. The van der Waals surface area contributed by atoms with Gasteiger partial charge in [-0.2, -0.15) is 17.9 Å². The molecule has 0 heterocycles. The van der Waals surface area contributed by atoms with Crippen LogP contribution in [-0.4, -0.2) is 5.75 Å². The molecule has 282 valence electrons. The Morgan fingerprint density at radius 1 is 0.980 bits per heavy atom. The van der Waals surface area contributed by atoms with Gasteiger partial charge in [-0.3, -0.25) is 0 Å². The molecule has 50 heavy (non-hydrogen) atoms. The van der Waals surface area contributed by atoms with Gasteiger partial charge in [-0.1, -0.05) is 168 Å². The average Bonchev–Trinajstić information content (AvgIpc) is 3.47. The highest BCUT2D eigenvalue weighted by atomic mass is 32.1. The van der Waals surface area contributed by atoms with Crippen LogP contribution in [0, 0.1) is 34.5 Å². The van der Waals surface area contributed by atoms with Crippen molar-refractivity contribution in [2.24, 2.45) is 28.9 Å². The van der Waals surface area contributed by atoms with Crippen molar-refractivity contribution in [2.75, 3.05) is 5.75 Å². The summed E-state index contributed by atoms with van der Waals surface area (Å²) in [5, 5.41) is 8.97. The Hall–Kier alpha value is -2.96. The molecule has 1 aliphatic carbocycles. The first-order chi connectivity index (χ1) is 23.9. The number of benzene rings is 1. The predicted octanol–water partition coefficient (Wildman–Crippen LogP) is 14.9. The zero-order chi connectivity index (χ0) is 39.1. The van der Waals surface area contributed by atoms with E-state index in [4.69, 9.17) is 11.0 Å². The van der Waals surface area contributed by atoms with Gasteiger partial charge in [0.25, 0.3) is 0 Å². The van der Waals surface area contributed by atoms with E-state index < -0.39 is 0 Å². The Morgan fingerprint density at radius 2 is 1.62 bits per heavy atom. The van der Waals surface area contributed by atoms with Crippen molar-refractivity contribution in [2.45, 2.75) is 142 Å². The molecular formula is C47H78N2S. The highest BCUT2D eigenvalue weighted by Crippen LogP contribution is 2.44. The summed E-state index contributed by atoms with van der Waals surface area (Å²) >= 11 is 4.57. The summed E-state index contributed by atoms with van der Waals surface area (Å²) in [5.74, 6) is 2.91. The number of hydrogen-bond donors (Lipinski definition) is 2. The topological polar surface area (TPSA) is 49.8 Å². The number of thiol groups is 1. The molecule has 1 saturated carbocycles. The molecule has 2 rings (SSSR count). The molecule has 1 aliphatic rings. The Bertz CT molecular complexity index is 1260. The lowest BCUT2D eigenvalue weighted by molar-refractivity contribution is 0.410. The Balaban J connectivity index is -0.00000125. The van der Waals surface area contributed by atoms with Crippen LogP contribution >= 0.6 is 12.6 Å². The average molecular weight is 703 g/mol. The monoisotopic (exact) mass is 703 g/mol. The van der Waals surface area contributed by atoms with Gasteiger partial charge >= 0.3 is 0 Å². The predicted molar refractivity (Wildman–Crippen MR) is 234 cm³/mol. The van der Waals surface area contributed by atoms with Gasteiger partial charge in [0.1, 0.15) is 0 Å². The Kier molecular flexibility index (Phi) is 32.9. The van der Waals surface area contributed by atoms with Crippen molar-refractivity contribution in [3.05, 3.63) is 107 Å². The van der Waals surface area contributed by atoms with E-state index in [0.717, 1.165) is 42.4 Å². The smallest absolute Gasteiger partial charge is 0.0912 e. The van der Waals surface area contributed by atoms with Crippen molar-refractivity contribution in [3.63, 3.8) is 0 Å². The zero-order valence-electron chi connectivity index (χ0n) is 35.0. The SMILES string of the molecule is C=C(C)/C=C\C=C(C)C.CC.CC.CC.CCCc1cc(/C(=C/C=C/C#N)CC(C)(C)CS)ccc1/C=C(\C=C/N)C1CC(C)CC1CCC. The van der Waals surface area contributed by atoms with Crippen LogP contribution in [0.1, 0.15) is 152 Å². The van der Waals surface area contributed by atoms with Gasteiger partial charge in [0.15, 0.2) is 0 Å². The minimum Gasteiger partial charge on any atom is -0.405 e. The van der Waals surface area contributed by atoms with Crippen LogP contribution in [0.5, 0.6) is 0 Å². The van der Waals surface area contributed by atoms with E-state index in [1.807, 2.05) is 66.7 Å². The van der Waals surface area contributed by atoms with Crippen molar-refractivity contribution >= 4 is 24.3 Å². The van der Waals surface area contributed by atoms with E-state index in [1.165, 1.54) is 59.1 Å². The third-order valence-electron chi connectivity index (χ3n) is 8.04. The quantitative estimate of drug-likeness (QED) is 0.115. The van der Waals surface area contributed by atoms with E-state index >= 15 is 0 Å². The summed E-state index contributed by atoms with van der Waals surface area (Å²) in [5.41, 5.74) is 15.0. The lowest BCUT2D eigenvalue weighted by Gasteiger charge is -2.24.